The number of amides is 1. The third-order valence-electron chi connectivity index (χ3n) is 4.31. The van der Waals surface area contributed by atoms with E-state index in [1.807, 2.05) is 0 Å². The lowest BCUT2D eigenvalue weighted by Crippen LogP contribution is -2.55. The molecule has 1 N–H and O–H groups in total. The number of piperazine rings is 1. The number of hydrogen-bond donors (Lipinski definition) is 1. The van der Waals surface area contributed by atoms with E-state index in [0.717, 1.165) is 19.5 Å². The van der Waals surface area contributed by atoms with Crippen LogP contribution in [0, 0.1) is 0 Å². The van der Waals surface area contributed by atoms with Crippen molar-refractivity contribution in [2.75, 3.05) is 32.7 Å². The molecule has 3 aliphatic rings. The van der Waals surface area contributed by atoms with E-state index in [0.29, 0.717) is 19.1 Å². The first-order valence-electron chi connectivity index (χ1n) is 6.69. The van der Waals surface area contributed by atoms with Crippen molar-refractivity contribution in [2.24, 2.45) is 0 Å². The Hall–Kier alpha value is -0.750. The molecule has 0 spiro atoms. The summed E-state index contributed by atoms with van der Waals surface area (Å²) in [6, 6.07) is -0.238. The van der Waals surface area contributed by atoms with E-state index in [2.05, 4.69) is 10.2 Å². The van der Waals surface area contributed by atoms with Crippen LogP contribution >= 0.6 is 0 Å². The van der Waals surface area contributed by atoms with Crippen LogP contribution in [-0.4, -0.2) is 66.4 Å². The molecule has 4 nitrogen and oxygen atoms in total. The van der Waals surface area contributed by atoms with Crippen molar-refractivity contribution in [3.8, 4) is 0 Å². The molecular weight excluding hydrogens is 240 g/mol. The normalized spacial score (nSPS) is 35.8. The second-order valence-electron chi connectivity index (χ2n) is 5.61. The van der Waals surface area contributed by atoms with E-state index in [-0.39, 0.29) is 18.9 Å². The van der Waals surface area contributed by atoms with E-state index in [9.17, 15) is 13.6 Å². The van der Waals surface area contributed by atoms with Gasteiger partial charge in [-0.1, -0.05) is 0 Å². The summed E-state index contributed by atoms with van der Waals surface area (Å²) in [5.74, 6) is -2.87. The minimum atomic E-state index is -2.73. The molecule has 0 aliphatic carbocycles. The number of nitrogens with zero attached hydrogens (tertiary/aromatic N) is 2. The van der Waals surface area contributed by atoms with Crippen molar-refractivity contribution in [1.82, 2.24) is 15.1 Å². The predicted molar refractivity (Wildman–Crippen MR) is 62.5 cm³/mol. The molecule has 0 bridgehead atoms. The van der Waals surface area contributed by atoms with Crippen molar-refractivity contribution < 1.29 is 13.6 Å². The third-order valence-corrected chi connectivity index (χ3v) is 4.31. The maximum atomic E-state index is 13.1. The van der Waals surface area contributed by atoms with E-state index >= 15 is 0 Å². The lowest BCUT2D eigenvalue weighted by Gasteiger charge is -2.38. The zero-order chi connectivity index (χ0) is 12.8. The van der Waals surface area contributed by atoms with E-state index in [1.165, 1.54) is 6.42 Å². The summed E-state index contributed by atoms with van der Waals surface area (Å²) < 4.78 is 26.2. The molecule has 3 fully saturated rings. The Morgan fingerprint density at radius 2 is 2.11 bits per heavy atom. The number of hydrogen-bond acceptors (Lipinski definition) is 3. The van der Waals surface area contributed by atoms with E-state index < -0.39 is 12.0 Å². The Morgan fingerprint density at radius 3 is 2.83 bits per heavy atom. The highest BCUT2D eigenvalue weighted by atomic mass is 19.3. The Bertz CT molecular complexity index is 350. The molecule has 102 valence electrons. The fraction of sp³-hybridized carbons (Fsp3) is 0.917. The van der Waals surface area contributed by atoms with Gasteiger partial charge in [-0.25, -0.2) is 8.78 Å². The molecule has 18 heavy (non-hydrogen) atoms. The highest BCUT2D eigenvalue weighted by molar-refractivity contribution is 5.82. The van der Waals surface area contributed by atoms with Crippen LogP contribution in [0.1, 0.15) is 19.3 Å². The molecule has 3 saturated heterocycles. The van der Waals surface area contributed by atoms with Crippen LogP contribution in [0.2, 0.25) is 0 Å². The quantitative estimate of drug-likeness (QED) is 0.735. The van der Waals surface area contributed by atoms with Crippen LogP contribution in [0.25, 0.3) is 0 Å². The topological polar surface area (TPSA) is 35.6 Å². The van der Waals surface area contributed by atoms with Crippen molar-refractivity contribution >= 4 is 5.91 Å². The van der Waals surface area contributed by atoms with Crippen molar-refractivity contribution in [2.45, 2.75) is 37.3 Å². The summed E-state index contributed by atoms with van der Waals surface area (Å²) >= 11 is 0. The SMILES string of the molecule is O=C(C1CC(F)(F)CN1)N1CCN2CCCC2C1. The summed E-state index contributed by atoms with van der Waals surface area (Å²) in [7, 11) is 0. The van der Waals surface area contributed by atoms with Crippen molar-refractivity contribution in [3.05, 3.63) is 0 Å². The average Bonchev–Trinajstić information content (AvgIpc) is 2.93. The number of nitrogens with one attached hydrogen (secondary N) is 1. The second kappa shape index (κ2) is 4.42. The average molecular weight is 259 g/mol. The fourth-order valence-electron chi connectivity index (χ4n) is 3.30. The van der Waals surface area contributed by atoms with Crippen molar-refractivity contribution in [1.29, 1.82) is 0 Å². The predicted octanol–water partition coefficient (Wildman–Crippen LogP) is 0.290. The van der Waals surface area contributed by atoms with Gasteiger partial charge in [0, 0.05) is 32.1 Å². The summed E-state index contributed by atoms with van der Waals surface area (Å²) in [4.78, 5) is 16.4. The van der Waals surface area contributed by atoms with Crippen LogP contribution in [0.3, 0.4) is 0 Å². The zero-order valence-corrected chi connectivity index (χ0v) is 10.4. The Labute approximate surface area is 105 Å². The number of halogens is 2. The molecule has 6 heteroatoms. The molecule has 2 unspecified atom stereocenters. The van der Waals surface area contributed by atoms with Gasteiger partial charge in [-0.15, -0.1) is 0 Å². The third kappa shape index (κ3) is 2.23. The fourth-order valence-corrected chi connectivity index (χ4v) is 3.30. The summed E-state index contributed by atoms with van der Waals surface area (Å²) in [5, 5.41) is 2.65. The van der Waals surface area contributed by atoms with Crippen LogP contribution < -0.4 is 5.32 Å². The second-order valence-corrected chi connectivity index (χ2v) is 5.61. The van der Waals surface area contributed by atoms with Crippen LogP contribution in [0.15, 0.2) is 0 Å². The molecule has 3 rings (SSSR count). The molecule has 0 saturated carbocycles. The van der Waals surface area contributed by atoms with E-state index in [4.69, 9.17) is 0 Å². The maximum absolute atomic E-state index is 13.1. The molecule has 0 aromatic heterocycles. The number of fused-ring (bicyclic) bond motifs is 1. The Balaban J connectivity index is 1.60. The monoisotopic (exact) mass is 259 g/mol. The smallest absolute Gasteiger partial charge is 0.262 e. The Kier molecular flexibility index (Phi) is 3.02. The molecule has 0 aromatic carbocycles. The molecule has 1 amide bonds. The largest absolute Gasteiger partial charge is 0.338 e. The minimum Gasteiger partial charge on any atom is -0.338 e. The maximum Gasteiger partial charge on any atom is 0.262 e. The van der Waals surface area contributed by atoms with Gasteiger partial charge in [0.1, 0.15) is 0 Å². The standard InChI is InChI=1S/C12H19F2N3O/c13-12(14)6-10(15-8-12)11(18)17-5-4-16-3-1-2-9(16)7-17/h9-10,15H,1-8H2. The van der Waals surface area contributed by atoms with Crippen molar-refractivity contribution in [3.63, 3.8) is 0 Å². The Morgan fingerprint density at radius 1 is 1.28 bits per heavy atom. The van der Waals surface area contributed by atoms with Gasteiger partial charge in [-0.05, 0) is 19.4 Å². The summed E-state index contributed by atoms with van der Waals surface area (Å²) in [6.45, 7) is 3.03. The summed E-state index contributed by atoms with van der Waals surface area (Å²) in [5.41, 5.74) is 0. The number of alkyl halides is 2. The first-order chi connectivity index (χ1) is 8.55. The number of rotatable bonds is 1. The van der Waals surface area contributed by atoms with Gasteiger partial charge >= 0.3 is 0 Å². The van der Waals surface area contributed by atoms with Crippen LogP contribution in [0.5, 0.6) is 0 Å². The lowest BCUT2D eigenvalue weighted by atomic mass is 10.1. The van der Waals surface area contributed by atoms with Gasteiger partial charge in [0.05, 0.1) is 12.6 Å². The highest BCUT2D eigenvalue weighted by Gasteiger charge is 2.44. The molecule has 3 heterocycles. The minimum absolute atomic E-state index is 0.140. The number of carbonyl (C=O) groups is 1. The molecule has 0 aromatic rings. The van der Waals surface area contributed by atoms with Gasteiger partial charge in [0.25, 0.3) is 5.92 Å². The first kappa shape index (κ1) is 12.3. The lowest BCUT2D eigenvalue weighted by molar-refractivity contribution is -0.136. The number of carbonyl (C=O) groups excluding carboxylic acids is 1. The van der Waals surface area contributed by atoms with Gasteiger partial charge in [0.15, 0.2) is 0 Å². The molecule has 3 aliphatic heterocycles. The first-order valence-corrected chi connectivity index (χ1v) is 6.69. The zero-order valence-electron chi connectivity index (χ0n) is 10.4. The highest BCUT2D eigenvalue weighted by Crippen LogP contribution is 2.27. The van der Waals surface area contributed by atoms with E-state index in [1.54, 1.807) is 4.90 Å². The molecule has 0 radical (unpaired) electrons. The van der Waals surface area contributed by atoms with Crippen LogP contribution in [0.4, 0.5) is 8.78 Å². The molecular formula is C12H19F2N3O. The van der Waals surface area contributed by atoms with Gasteiger partial charge < -0.3 is 4.90 Å². The van der Waals surface area contributed by atoms with Gasteiger partial charge in [-0.2, -0.15) is 0 Å². The van der Waals surface area contributed by atoms with Crippen LogP contribution in [-0.2, 0) is 4.79 Å². The molecule has 2 atom stereocenters. The van der Waals surface area contributed by atoms with Gasteiger partial charge in [-0.3, -0.25) is 15.0 Å². The van der Waals surface area contributed by atoms with Gasteiger partial charge in [0.2, 0.25) is 5.91 Å². The summed E-state index contributed by atoms with van der Waals surface area (Å²) in [6.07, 6.45) is 1.96.